The number of esters is 4. The normalized spacial score (nSPS) is 24.2. The molecule has 11 heteroatoms. The molecule has 1 saturated heterocycles. The van der Waals surface area contributed by atoms with E-state index in [2.05, 4.69) is 0 Å². The molecule has 5 unspecified atom stereocenters. The number of aryl methyl sites for hydroxylation is 1. The van der Waals surface area contributed by atoms with Crippen LogP contribution in [0, 0.1) is 6.92 Å². The number of rotatable bonds is 8. The Morgan fingerprint density at radius 1 is 0.818 bits per heavy atom. The van der Waals surface area contributed by atoms with Gasteiger partial charge in [-0.05, 0) is 24.6 Å². The standard InChI is InChI=1S/C22H28O11/c1-11-7-8-16(17(9-11)27-6)32-22-21(31-15(5)26)20(30-14(4)25)19(29-13(3)24)18(33-22)10-28-12(2)23/h7-9,18-22H,10H2,1-6H3. The molecule has 33 heavy (non-hydrogen) atoms. The van der Waals surface area contributed by atoms with Gasteiger partial charge in [0.25, 0.3) is 0 Å². The van der Waals surface area contributed by atoms with Gasteiger partial charge in [0.05, 0.1) is 7.11 Å². The molecule has 0 radical (unpaired) electrons. The van der Waals surface area contributed by atoms with E-state index in [9.17, 15) is 19.2 Å². The number of ether oxygens (including phenoxy) is 7. The Bertz CT molecular complexity index is 881. The number of carbonyl (C=O) groups is 4. The van der Waals surface area contributed by atoms with Gasteiger partial charge in [0.15, 0.2) is 23.7 Å². The Kier molecular flexibility index (Phi) is 9.03. The molecule has 1 aromatic rings. The third-order valence-corrected chi connectivity index (χ3v) is 4.51. The third kappa shape index (κ3) is 7.35. The van der Waals surface area contributed by atoms with Crippen molar-refractivity contribution in [2.75, 3.05) is 13.7 Å². The molecule has 0 amide bonds. The summed E-state index contributed by atoms with van der Waals surface area (Å²) in [6, 6.07) is 5.12. The second kappa shape index (κ2) is 11.5. The molecule has 1 aliphatic rings. The quantitative estimate of drug-likeness (QED) is 0.406. The fourth-order valence-corrected chi connectivity index (χ4v) is 3.28. The zero-order valence-corrected chi connectivity index (χ0v) is 19.3. The highest BCUT2D eigenvalue weighted by Gasteiger charge is 2.53. The molecular formula is C22H28O11. The minimum atomic E-state index is -1.33. The molecule has 0 N–H and O–H groups in total. The number of hydrogen-bond acceptors (Lipinski definition) is 11. The Labute approximate surface area is 191 Å². The molecule has 0 bridgehead atoms. The van der Waals surface area contributed by atoms with Crippen LogP contribution >= 0.6 is 0 Å². The zero-order chi connectivity index (χ0) is 24.7. The van der Waals surface area contributed by atoms with Gasteiger partial charge in [-0.25, -0.2) is 0 Å². The van der Waals surface area contributed by atoms with Crippen LogP contribution in [-0.4, -0.2) is 68.3 Å². The first kappa shape index (κ1) is 25.9. The molecule has 0 spiro atoms. The molecule has 0 aliphatic carbocycles. The van der Waals surface area contributed by atoms with Crippen LogP contribution in [0.3, 0.4) is 0 Å². The van der Waals surface area contributed by atoms with E-state index in [-0.39, 0.29) is 12.4 Å². The van der Waals surface area contributed by atoms with E-state index in [1.165, 1.54) is 14.0 Å². The van der Waals surface area contributed by atoms with E-state index >= 15 is 0 Å². The van der Waals surface area contributed by atoms with Crippen LogP contribution in [0.15, 0.2) is 18.2 Å². The van der Waals surface area contributed by atoms with E-state index in [0.717, 1.165) is 26.3 Å². The fourth-order valence-electron chi connectivity index (χ4n) is 3.28. The SMILES string of the molecule is COc1cc(C)ccc1OC1OC(COC(C)=O)C(OC(C)=O)C(OC(C)=O)C1OC(C)=O. The molecule has 0 aromatic heterocycles. The molecule has 1 fully saturated rings. The smallest absolute Gasteiger partial charge is 0.303 e. The maximum Gasteiger partial charge on any atom is 0.303 e. The van der Waals surface area contributed by atoms with Crippen LogP contribution in [0.2, 0.25) is 0 Å². The first-order valence-electron chi connectivity index (χ1n) is 10.1. The van der Waals surface area contributed by atoms with Crippen LogP contribution in [0.25, 0.3) is 0 Å². The number of hydrogen-bond donors (Lipinski definition) is 0. The minimum Gasteiger partial charge on any atom is -0.493 e. The van der Waals surface area contributed by atoms with Gasteiger partial charge >= 0.3 is 23.9 Å². The van der Waals surface area contributed by atoms with Crippen LogP contribution in [0.4, 0.5) is 0 Å². The minimum absolute atomic E-state index is 0.254. The Balaban J connectivity index is 2.50. The van der Waals surface area contributed by atoms with Gasteiger partial charge in [-0.2, -0.15) is 0 Å². The summed E-state index contributed by atoms with van der Waals surface area (Å²) >= 11 is 0. The first-order valence-corrected chi connectivity index (χ1v) is 10.1. The van der Waals surface area contributed by atoms with Crippen molar-refractivity contribution in [3.63, 3.8) is 0 Å². The molecular weight excluding hydrogens is 440 g/mol. The molecule has 182 valence electrons. The molecule has 0 saturated carbocycles. The molecule has 1 aromatic carbocycles. The maximum absolute atomic E-state index is 11.9. The van der Waals surface area contributed by atoms with Gasteiger partial charge in [0.2, 0.25) is 12.4 Å². The van der Waals surface area contributed by atoms with Crippen LogP contribution < -0.4 is 9.47 Å². The average Bonchev–Trinajstić information content (AvgIpc) is 2.71. The molecule has 1 aliphatic heterocycles. The molecule has 11 nitrogen and oxygen atoms in total. The topological polar surface area (TPSA) is 133 Å². The van der Waals surface area contributed by atoms with E-state index in [1.807, 2.05) is 6.92 Å². The van der Waals surface area contributed by atoms with E-state index in [1.54, 1.807) is 18.2 Å². The summed E-state index contributed by atoms with van der Waals surface area (Å²) in [5.74, 6) is -2.13. The van der Waals surface area contributed by atoms with Crippen molar-refractivity contribution in [3.05, 3.63) is 23.8 Å². The largest absolute Gasteiger partial charge is 0.493 e. The zero-order valence-electron chi connectivity index (χ0n) is 19.3. The van der Waals surface area contributed by atoms with Gasteiger partial charge < -0.3 is 33.2 Å². The maximum atomic E-state index is 11.9. The third-order valence-electron chi connectivity index (χ3n) is 4.51. The highest BCUT2D eigenvalue weighted by molar-refractivity contribution is 5.68. The summed E-state index contributed by atoms with van der Waals surface area (Å²) in [7, 11) is 1.45. The molecule has 5 atom stereocenters. The number of benzene rings is 1. The van der Waals surface area contributed by atoms with E-state index in [0.29, 0.717) is 5.75 Å². The summed E-state index contributed by atoms with van der Waals surface area (Å²) in [6.45, 7) is 6.16. The predicted molar refractivity (Wildman–Crippen MR) is 110 cm³/mol. The van der Waals surface area contributed by atoms with Crippen LogP contribution in [-0.2, 0) is 42.9 Å². The Hall–Kier alpha value is -3.34. The van der Waals surface area contributed by atoms with E-state index < -0.39 is 54.6 Å². The number of carbonyl (C=O) groups excluding carboxylic acids is 4. The molecule has 1 heterocycles. The second-order valence-corrected chi connectivity index (χ2v) is 7.34. The van der Waals surface area contributed by atoms with Crippen molar-refractivity contribution in [2.24, 2.45) is 0 Å². The Morgan fingerprint density at radius 3 is 1.94 bits per heavy atom. The predicted octanol–water partition coefficient (Wildman–Crippen LogP) is 1.47. The lowest BCUT2D eigenvalue weighted by Crippen LogP contribution is -2.63. The Morgan fingerprint density at radius 2 is 1.39 bits per heavy atom. The van der Waals surface area contributed by atoms with Crippen LogP contribution in [0.5, 0.6) is 11.5 Å². The molecule has 2 rings (SSSR count). The fraction of sp³-hybridized carbons (Fsp3) is 0.545. The second-order valence-electron chi connectivity index (χ2n) is 7.34. The summed E-state index contributed by atoms with van der Waals surface area (Å²) in [5, 5.41) is 0. The van der Waals surface area contributed by atoms with Gasteiger partial charge in [-0.3, -0.25) is 19.2 Å². The van der Waals surface area contributed by atoms with Gasteiger partial charge in [0.1, 0.15) is 12.7 Å². The average molecular weight is 468 g/mol. The van der Waals surface area contributed by atoms with E-state index in [4.69, 9.17) is 33.2 Å². The first-order chi connectivity index (χ1) is 15.5. The summed E-state index contributed by atoms with van der Waals surface area (Å²) in [6.07, 6.45) is -6.33. The van der Waals surface area contributed by atoms with Crippen molar-refractivity contribution in [1.29, 1.82) is 0 Å². The number of methoxy groups -OCH3 is 1. The summed E-state index contributed by atoms with van der Waals surface area (Å²) in [4.78, 5) is 46.9. The lowest BCUT2D eigenvalue weighted by molar-refractivity contribution is -0.288. The van der Waals surface area contributed by atoms with Crippen LogP contribution in [0.1, 0.15) is 33.3 Å². The van der Waals surface area contributed by atoms with Crippen molar-refractivity contribution in [2.45, 2.75) is 65.3 Å². The van der Waals surface area contributed by atoms with Gasteiger partial charge in [-0.15, -0.1) is 0 Å². The van der Waals surface area contributed by atoms with Crippen molar-refractivity contribution < 1.29 is 52.3 Å². The van der Waals surface area contributed by atoms with Crippen molar-refractivity contribution in [3.8, 4) is 11.5 Å². The monoisotopic (exact) mass is 468 g/mol. The lowest BCUT2D eigenvalue weighted by Gasteiger charge is -2.44. The summed E-state index contributed by atoms with van der Waals surface area (Å²) < 4.78 is 38.3. The van der Waals surface area contributed by atoms with Crippen molar-refractivity contribution in [1.82, 2.24) is 0 Å². The van der Waals surface area contributed by atoms with Gasteiger partial charge in [0, 0.05) is 27.7 Å². The highest BCUT2D eigenvalue weighted by Crippen LogP contribution is 2.34. The highest BCUT2D eigenvalue weighted by atomic mass is 16.7. The van der Waals surface area contributed by atoms with Gasteiger partial charge in [-0.1, -0.05) is 6.07 Å². The summed E-state index contributed by atoms with van der Waals surface area (Å²) in [5.41, 5.74) is 0.903. The lowest BCUT2D eigenvalue weighted by atomic mass is 9.98. The van der Waals surface area contributed by atoms with Crippen molar-refractivity contribution >= 4 is 23.9 Å².